The van der Waals surface area contributed by atoms with E-state index in [0.717, 1.165) is 12.8 Å². The van der Waals surface area contributed by atoms with Gasteiger partial charge in [-0.3, -0.25) is 0 Å². The second kappa shape index (κ2) is 6.94. The summed E-state index contributed by atoms with van der Waals surface area (Å²) in [4.78, 5) is 22.7. The minimum absolute atomic E-state index is 0.0689. The van der Waals surface area contributed by atoms with E-state index in [1.54, 1.807) is 0 Å². The second-order valence-electron chi connectivity index (χ2n) is 4.90. The Hall–Kier alpha value is -2.28. The van der Waals surface area contributed by atoms with Crippen molar-refractivity contribution < 1.29 is 24.5 Å². The first-order valence-corrected chi connectivity index (χ1v) is 6.76. The molecule has 2 rings (SSSR count). The first kappa shape index (κ1) is 15.1. The van der Waals surface area contributed by atoms with E-state index in [9.17, 15) is 14.7 Å². The molecule has 0 unspecified atom stereocenters. The van der Waals surface area contributed by atoms with Crippen LogP contribution in [0.4, 0.5) is 10.5 Å². The number of benzene rings is 1. The highest BCUT2D eigenvalue weighted by molar-refractivity contribution is 5.97. The quantitative estimate of drug-likeness (QED) is 0.631. The number of amides is 2. The van der Waals surface area contributed by atoms with Crippen LogP contribution in [0.15, 0.2) is 18.2 Å². The molecule has 0 atom stereocenters. The number of phenols is 1. The summed E-state index contributed by atoms with van der Waals surface area (Å²) in [6.45, 7) is 1.93. The molecular formula is C14H18N2O5. The van der Waals surface area contributed by atoms with Gasteiger partial charge >= 0.3 is 12.0 Å². The van der Waals surface area contributed by atoms with Crippen LogP contribution in [0.1, 0.15) is 23.2 Å². The number of rotatable bonds is 4. The molecule has 0 aliphatic carbocycles. The molecule has 0 saturated carbocycles. The highest BCUT2D eigenvalue weighted by Crippen LogP contribution is 2.27. The Morgan fingerprint density at radius 2 is 2.00 bits per heavy atom. The number of carbonyl (C=O) groups excluding carboxylic acids is 1. The number of anilines is 1. The number of aromatic carboxylic acids is 1. The molecule has 4 N–H and O–H groups in total. The van der Waals surface area contributed by atoms with E-state index in [2.05, 4.69) is 10.6 Å². The summed E-state index contributed by atoms with van der Waals surface area (Å²) in [5.41, 5.74) is -0.184. The third kappa shape index (κ3) is 4.09. The maximum atomic E-state index is 11.8. The van der Waals surface area contributed by atoms with Gasteiger partial charge in [-0.2, -0.15) is 0 Å². The Balaban J connectivity index is 1.90. The van der Waals surface area contributed by atoms with Gasteiger partial charge in [-0.15, -0.1) is 0 Å². The minimum atomic E-state index is -1.25. The number of carbonyl (C=O) groups is 2. The Morgan fingerprint density at radius 3 is 2.67 bits per heavy atom. The number of para-hydroxylation sites is 1. The lowest BCUT2D eigenvalue weighted by Crippen LogP contribution is -2.35. The van der Waals surface area contributed by atoms with Crippen LogP contribution in [-0.2, 0) is 4.74 Å². The molecule has 1 fully saturated rings. The van der Waals surface area contributed by atoms with Crippen LogP contribution in [-0.4, -0.2) is 42.0 Å². The molecule has 1 aromatic rings. The fourth-order valence-electron chi connectivity index (χ4n) is 2.17. The van der Waals surface area contributed by atoms with E-state index in [0.29, 0.717) is 25.7 Å². The van der Waals surface area contributed by atoms with Gasteiger partial charge in [0, 0.05) is 19.8 Å². The predicted molar refractivity (Wildman–Crippen MR) is 75.6 cm³/mol. The van der Waals surface area contributed by atoms with Gasteiger partial charge in [0.2, 0.25) is 0 Å². The van der Waals surface area contributed by atoms with E-state index >= 15 is 0 Å². The van der Waals surface area contributed by atoms with Crippen LogP contribution in [0, 0.1) is 5.92 Å². The maximum Gasteiger partial charge on any atom is 0.339 e. The molecule has 7 nitrogen and oxygen atoms in total. The third-order valence-electron chi connectivity index (χ3n) is 3.41. The summed E-state index contributed by atoms with van der Waals surface area (Å²) in [5, 5.41) is 23.8. The topological polar surface area (TPSA) is 108 Å². The normalized spacial score (nSPS) is 15.4. The molecular weight excluding hydrogens is 276 g/mol. The molecule has 21 heavy (non-hydrogen) atoms. The van der Waals surface area contributed by atoms with Crippen LogP contribution in [0.2, 0.25) is 0 Å². The summed E-state index contributed by atoms with van der Waals surface area (Å²) >= 11 is 0. The van der Waals surface area contributed by atoms with Crippen molar-refractivity contribution >= 4 is 17.7 Å². The van der Waals surface area contributed by atoms with Crippen molar-refractivity contribution in [3.63, 3.8) is 0 Å². The number of nitrogens with one attached hydrogen (secondary N) is 2. The molecule has 0 bridgehead atoms. The molecule has 0 spiro atoms. The van der Waals surface area contributed by atoms with E-state index in [4.69, 9.17) is 9.84 Å². The van der Waals surface area contributed by atoms with Crippen LogP contribution >= 0.6 is 0 Å². The lowest BCUT2D eigenvalue weighted by Gasteiger charge is -2.22. The summed E-state index contributed by atoms with van der Waals surface area (Å²) in [5.74, 6) is -1.33. The van der Waals surface area contributed by atoms with Crippen molar-refractivity contribution in [2.45, 2.75) is 12.8 Å². The summed E-state index contributed by atoms with van der Waals surface area (Å²) in [6, 6.07) is 3.69. The van der Waals surface area contributed by atoms with Gasteiger partial charge in [0.1, 0.15) is 5.56 Å². The van der Waals surface area contributed by atoms with Crippen LogP contribution < -0.4 is 10.6 Å². The average Bonchev–Trinajstić information content (AvgIpc) is 2.48. The number of carboxylic acids is 1. The summed E-state index contributed by atoms with van der Waals surface area (Å²) in [7, 11) is 0. The van der Waals surface area contributed by atoms with Crippen molar-refractivity contribution in [1.82, 2.24) is 5.32 Å². The monoisotopic (exact) mass is 294 g/mol. The zero-order chi connectivity index (χ0) is 15.2. The molecule has 1 aromatic carbocycles. The molecule has 1 saturated heterocycles. The maximum absolute atomic E-state index is 11.8. The number of aromatic hydroxyl groups is 1. The standard InChI is InChI=1S/C14H18N2O5/c17-12-10(13(18)19)2-1-3-11(12)16-14(20)15-8-9-4-6-21-7-5-9/h1-3,9,17H,4-8H2,(H,18,19)(H2,15,16,20). The van der Waals surface area contributed by atoms with Gasteiger partial charge in [-0.25, -0.2) is 9.59 Å². The van der Waals surface area contributed by atoms with Crippen molar-refractivity contribution in [3.05, 3.63) is 23.8 Å². The highest BCUT2D eigenvalue weighted by atomic mass is 16.5. The molecule has 7 heteroatoms. The Morgan fingerprint density at radius 1 is 1.29 bits per heavy atom. The van der Waals surface area contributed by atoms with Crippen molar-refractivity contribution in [3.8, 4) is 5.75 Å². The first-order valence-electron chi connectivity index (χ1n) is 6.76. The van der Waals surface area contributed by atoms with Crippen molar-refractivity contribution in [2.24, 2.45) is 5.92 Å². The fraction of sp³-hybridized carbons (Fsp3) is 0.429. The molecule has 1 aliphatic rings. The van der Waals surface area contributed by atoms with Crippen LogP contribution in [0.3, 0.4) is 0 Å². The van der Waals surface area contributed by atoms with E-state index in [-0.39, 0.29) is 11.3 Å². The van der Waals surface area contributed by atoms with Gasteiger partial charge in [0.25, 0.3) is 0 Å². The Bertz CT molecular complexity index is 526. The zero-order valence-corrected chi connectivity index (χ0v) is 11.5. The van der Waals surface area contributed by atoms with Crippen LogP contribution in [0.5, 0.6) is 5.75 Å². The van der Waals surface area contributed by atoms with Gasteiger partial charge in [-0.05, 0) is 30.9 Å². The first-order chi connectivity index (χ1) is 10.1. The smallest absolute Gasteiger partial charge is 0.339 e. The molecule has 2 amide bonds. The van der Waals surface area contributed by atoms with E-state index in [1.807, 2.05) is 0 Å². The second-order valence-corrected chi connectivity index (χ2v) is 4.90. The SMILES string of the molecule is O=C(NCC1CCOCC1)Nc1cccc(C(=O)O)c1O. The largest absolute Gasteiger partial charge is 0.505 e. The van der Waals surface area contributed by atoms with Gasteiger partial charge in [0.15, 0.2) is 5.75 Å². The Labute approximate surface area is 121 Å². The molecule has 1 aliphatic heterocycles. The van der Waals surface area contributed by atoms with Gasteiger partial charge < -0.3 is 25.6 Å². The van der Waals surface area contributed by atoms with Crippen molar-refractivity contribution in [2.75, 3.05) is 25.1 Å². The number of hydrogen-bond acceptors (Lipinski definition) is 4. The number of hydrogen-bond donors (Lipinski definition) is 4. The molecule has 0 radical (unpaired) electrons. The predicted octanol–water partition coefficient (Wildman–Crippen LogP) is 1.64. The van der Waals surface area contributed by atoms with Crippen molar-refractivity contribution in [1.29, 1.82) is 0 Å². The van der Waals surface area contributed by atoms with E-state index in [1.165, 1.54) is 18.2 Å². The van der Waals surface area contributed by atoms with E-state index < -0.39 is 17.7 Å². The third-order valence-corrected chi connectivity index (χ3v) is 3.41. The van der Waals surface area contributed by atoms with Gasteiger partial charge in [-0.1, -0.05) is 6.07 Å². The Kier molecular flexibility index (Phi) is 4.99. The molecule has 0 aromatic heterocycles. The number of urea groups is 1. The number of carboxylic acid groups (broad SMARTS) is 1. The minimum Gasteiger partial charge on any atom is -0.505 e. The molecule has 114 valence electrons. The highest BCUT2D eigenvalue weighted by Gasteiger charge is 2.17. The summed E-state index contributed by atoms with van der Waals surface area (Å²) in [6.07, 6.45) is 1.81. The fourth-order valence-corrected chi connectivity index (χ4v) is 2.17. The molecule has 1 heterocycles. The lowest BCUT2D eigenvalue weighted by molar-refractivity contribution is 0.0670. The average molecular weight is 294 g/mol. The number of ether oxygens (including phenoxy) is 1. The van der Waals surface area contributed by atoms with Gasteiger partial charge in [0.05, 0.1) is 5.69 Å². The summed E-state index contributed by atoms with van der Waals surface area (Å²) < 4.78 is 5.24. The van der Waals surface area contributed by atoms with Crippen LogP contribution in [0.25, 0.3) is 0 Å². The lowest BCUT2D eigenvalue weighted by atomic mass is 10.0. The zero-order valence-electron chi connectivity index (χ0n) is 11.5.